The van der Waals surface area contributed by atoms with Crippen LogP contribution in [-0.2, 0) is 10.2 Å². The van der Waals surface area contributed by atoms with Crippen LogP contribution in [0.4, 0.5) is 5.95 Å². The first-order valence-electron chi connectivity index (χ1n) is 8.94. The summed E-state index contributed by atoms with van der Waals surface area (Å²) in [6.45, 7) is 8.46. The second-order valence-electron chi connectivity index (χ2n) is 7.51. The predicted molar refractivity (Wildman–Crippen MR) is 116 cm³/mol. The first kappa shape index (κ1) is 19.6. The smallest absolute Gasteiger partial charge is 0.298 e. The number of piperazine rings is 1. The van der Waals surface area contributed by atoms with Crippen molar-refractivity contribution in [3.8, 4) is 11.8 Å². The lowest BCUT2D eigenvalue weighted by molar-refractivity contribution is -0.125. The van der Waals surface area contributed by atoms with Crippen LogP contribution in [0.25, 0.3) is 0 Å². The maximum atomic E-state index is 12.5. The molecule has 1 atom stereocenters. The fourth-order valence-electron chi connectivity index (χ4n) is 2.85. The van der Waals surface area contributed by atoms with Crippen molar-refractivity contribution in [1.29, 1.82) is 0 Å². The highest BCUT2D eigenvalue weighted by Gasteiger charge is 2.28. The van der Waals surface area contributed by atoms with Gasteiger partial charge in [-0.15, -0.1) is 0 Å². The third-order valence-corrected chi connectivity index (χ3v) is 5.55. The zero-order valence-electron chi connectivity index (χ0n) is 15.8. The lowest BCUT2D eigenvalue weighted by atomic mass is 9.87. The molecule has 0 saturated carbocycles. The standard InChI is InChI=1S/C21H23IN4O/c1-21(2,3)17-8-5-16(6-9-17)7-10-19(27)25-13-14-26(18(22)15-25)20-23-11-4-12-24-20/h4-6,8-9,11-12,18H,13-15H2,1-3H3. The number of anilines is 1. The number of aromatic nitrogens is 2. The van der Waals surface area contributed by atoms with Crippen molar-refractivity contribution in [3.05, 3.63) is 53.9 Å². The fraction of sp³-hybridized carbons (Fsp3) is 0.381. The molecule has 0 spiro atoms. The second kappa shape index (κ2) is 8.26. The summed E-state index contributed by atoms with van der Waals surface area (Å²) in [7, 11) is 0. The Morgan fingerprint density at radius 3 is 2.41 bits per heavy atom. The van der Waals surface area contributed by atoms with E-state index in [1.807, 2.05) is 12.1 Å². The van der Waals surface area contributed by atoms with Crippen molar-refractivity contribution in [3.63, 3.8) is 0 Å². The summed E-state index contributed by atoms with van der Waals surface area (Å²) in [5.74, 6) is 6.35. The van der Waals surface area contributed by atoms with Crippen molar-refractivity contribution in [1.82, 2.24) is 14.9 Å². The molecule has 140 valence electrons. The first-order valence-corrected chi connectivity index (χ1v) is 10.2. The first-order chi connectivity index (χ1) is 12.8. The van der Waals surface area contributed by atoms with Gasteiger partial charge in [0.2, 0.25) is 5.95 Å². The van der Waals surface area contributed by atoms with Gasteiger partial charge in [0.1, 0.15) is 4.05 Å². The molecule has 1 aromatic carbocycles. The Morgan fingerprint density at radius 1 is 1.15 bits per heavy atom. The molecule has 3 rings (SSSR count). The summed E-state index contributed by atoms with van der Waals surface area (Å²) in [6, 6.07) is 9.91. The van der Waals surface area contributed by atoms with Gasteiger partial charge in [0.25, 0.3) is 5.91 Å². The number of hydrogen-bond acceptors (Lipinski definition) is 4. The maximum Gasteiger partial charge on any atom is 0.298 e. The van der Waals surface area contributed by atoms with Crippen LogP contribution in [0.5, 0.6) is 0 Å². The molecule has 1 aliphatic rings. The van der Waals surface area contributed by atoms with Gasteiger partial charge in [-0.3, -0.25) is 4.79 Å². The second-order valence-corrected chi connectivity index (χ2v) is 8.94. The fourth-order valence-corrected chi connectivity index (χ4v) is 3.85. The Bertz CT molecular complexity index is 850. The molecular formula is C21H23IN4O. The van der Waals surface area contributed by atoms with Gasteiger partial charge in [-0.25, -0.2) is 9.97 Å². The maximum absolute atomic E-state index is 12.5. The Balaban J connectivity index is 1.62. The molecule has 1 fully saturated rings. The number of hydrogen-bond donors (Lipinski definition) is 0. The molecule has 5 nitrogen and oxygen atoms in total. The average molecular weight is 474 g/mol. The highest BCUT2D eigenvalue weighted by molar-refractivity contribution is 14.1. The van der Waals surface area contributed by atoms with E-state index in [1.54, 1.807) is 23.4 Å². The Kier molecular flexibility index (Phi) is 6.00. The van der Waals surface area contributed by atoms with Crippen LogP contribution < -0.4 is 4.90 Å². The summed E-state index contributed by atoms with van der Waals surface area (Å²) in [5.41, 5.74) is 2.23. The van der Waals surface area contributed by atoms with Gasteiger partial charge in [0, 0.05) is 37.0 Å². The summed E-state index contributed by atoms with van der Waals surface area (Å²) in [4.78, 5) is 25.0. The van der Waals surface area contributed by atoms with Gasteiger partial charge >= 0.3 is 0 Å². The third kappa shape index (κ3) is 4.98. The minimum absolute atomic E-state index is 0.110. The van der Waals surface area contributed by atoms with Crippen molar-refractivity contribution in [2.24, 2.45) is 0 Å². The number of benzene rings is 1. The van der Waals surface area contributed by atoms with E-state index in [1.165, 1.54) is 5.56 Å². The van der Waals surface area contributed by atoms with Crippen LogP contribution in [0.1, 0.15) is 31.9 Å². The van der Waals surface area contributed by atoms with Crippen LogP contribution in [0.15, 0.2) is 42.7 Å². The number of nitrogens with zero attached hydrogens (tertiary/aromatic N) is 4. The molecule has 1 aromatic heterocycles. The van der Waals surface area contributed by atoms with E-state index in [0.29, 0.717) is 25.6 Å². The Morgan fingerprint density at radius 2 is 1.81 bits per heavy atom. The number of carbonyl (C=O) groups is 1. The van der Waals surface area contributed by atoms with Crippen molar-refractivity contribution in [2.45, 2.75) is 30.2 Å². The highest BCUT2D eigenvalue weighted by Crippen LogP contribution is 2.22. The minimum Gasteiger partial charge on any atom is -0.327 e. The van der Waals surface area contributed by atoms with E-state index in [-0.39, 0.29) is 15.4 Å². The Labute approximate surface area is 174 Å². The van der Waals surface area contributed by atoms with Crippen LogP contribution in [-0.4, -0.2) is 44.5 Å². The van der Waals surface area contributed by atoms with E-state index < -0.39 is 0 Å². The Hall–Kier alpha value is -2.14. The molecular weight excluding hydrogens is 451 g/mol. The zero-order valence-corrected chi connectivity index (χ0v) is 18.0. The van der Waals surface area contributed by atoms with Gasteiger partial charge in [0.05, 0.1) is 6.54 Å². The van der Waals surface area contributed by atoms with E-state index in [9.17, 15) is 4.79 Å². The summed E-state index contributed by atoms with van der Waals surface area (Å²) in [6.07, 6.45) is 3.47. The van der Waals surface area contributed by atoms with Gasteiger partial charge in [0.15, 0.2) is 0 Å². The number of alkyl halides is 1. The molecule has 1 amide bonds. The molecule has 1 aliphatic heterocycles. The third-order valence-electron chi connectivity index (χ3n) is 4.48. The molecule has 1 saturated heterocycles. The molecule has 6 heteroatoms. The molecule has 2 heterocycles. The summed E-state index contributed by atoms with van der Waals surface area (Å²) < 4.78 is 0.121. The van der Waals surface area contributed by atoms with Crippen molar-refractivity contribution >= 4 is 34.4 Å². The van der Waals surface area contributed by atoms with Crippen molar-refractivity contribution < 1.29 is 4.79 Å². The predicted octanol–water partition coefficient (Wildman–Crippen LogP) is 3.24. The molecule has 2 aromatic rings. The lowest BCUT2D eigenvalue weighted by Gasteiger charge is -2.37. The molecule has 0 N–H and O–H groups in total. The van der Waals surface area contributed by atoms with Gasteiger partial charge in [-0.1, -0.05) is 61.4 Å². The highest BCUT2D eigenvalue weighted by atomic mass is 127. The molecule has 1 unspecified atom stereocenters. The molecule has 0 radical (unpaired) electrons. The van der Waals surface area contributed by atoms with Crippen LogP contribution in [0.2, 0.25) is 0 Å². The van der Waals surface area contributed by atoms with Crippen LogP contribution in [0, 0.1) is 11.8 Å². The quantitative estimate of drug-likeness (QED) is 0.276. The van der Waals surface area contributed by atoms with Crippen LogP contribution >= 0.6 is 22.6 Å². The van der Waals surface area contributed by atoms with E-state index in [0.717, 1.165) is 5.56 Å². The molecule has 27 heavy (non-hydrogen) atoms. The molecule has 0 bridgehead atoms. The number of carbonyl (C=O) groups excluding carboxylic acids is 1. The molecule has 0 aliphatic carbocycles. The summed E-state index contributed by atoms with van der Waals surface area (Å²) >= 11 is 2.33. The zero-order chi connectivity index (χ0) is 19.4. The van der Waals surface area contributed by atoms with E-state index in [2.05, 4.69) is 82.2 Å². The summed E-state index contributed by atoms with van der Waals surface area (Å²) in [5, 5.41) is 0. The SMILES string of the molecule is CC(C)(C)c1ccc(C#CC(=O)N2CCN(c3ncccn3)C(I)C2)cc1. The van der Waals surface area contributed by atoms with Gasteiger partial charge in [-0.05, 0) is 29.2 Å². The average Bonchev–Trinajstić information content (AvgIpc) is 2.66. The monoisotopic (exact) mass is 474 g/mol. The number of amides is 1. The topological polar surface area (TPSA) is 49.3 Å². The van der Waals surface area contributed by atoms with Gasteiger partial charge < -0.3 is 9.80 Å². The lowest BCUT2D eigenvalue weighted by Crippen LogP contribution is -2.52. The minimum atomic E-state index is -0.134. The van der Waals surface area contributed by atoms with E-state index >= 15 is 0 Å². The number of halogens is 1. The van der Waals surface area contributed by atoms with Gasteiger partial charge in [-0.2, -0.15) is 0 Å². The number of rotatable bonds is 1. The van der Waals surface area contributed by atoms with Crippen molar-refractivity contribution in [2.75, 3.05) is 24.5 Å². The van der Waals surface area contributed by atoms with Crippen LogP contribution in [0.3, 0.4) is 0 Å². The largest absolute Gasteiger partial charge is 0.327 e. The normalized spacial score (nSPS) is 17.3. The van der Waals surface area contributed by atoms with E-state index in [4.69, 9.17) is 0 Å².